The van der Waals surface area contributed by atoms with Crippen LogP contribution < -0.4 is 0 Å². The summed E-state index contributed by atoms with van der Waals surface area (Å²) in [6, 6.07) is 18.1. The van der Waals surface area contributed by atoms with E-state index in [-0.39, 0.29) is 11.0 Å². The summed E-state index contributed by atoms with van der Waals surface area (Å²) in [5.41, 5.74) is -0.109. The molecule has 2 aromatic rings. The van der Waals surface area contributed by atoms with Gasteiger partial charge in [-0.15, -0.1) is 0 Å². The fourth-order valence-electron chi connectivity index (χ4n) is 5.32. The number of esters is 1. The van der Waals surface area contributed by atoms with Gasteiger partial charge in [0.25, 0.3) is 6.04 Å². The third-order valence-corrected chi connectivity index (χ3v) is 6.28. The van der Waals surface area contributed by atoms with Crippen LogP contribution in [0.5, 0.6) is 0 Å². The molecule has 4 rings (SSSR count). The molecule has 30 heavy (non-hydrogen) atoms. The van der Waals surface area contributed by atoms with Gasteiger partial charge in [-0.05, 0) is 44.7 Å². The number of rotatable bonds is 4. The van der Waals surface area contributed by atoms with Crippen LogP contribution in [0, 0.1) is 10.1 Å². The molecule has 4 atom stereocenters. The highest BCUT2D eigenvalue weighted by Crippen LogP contribution is 2.57. The Morgan fingerprint density at radius 1 is 1.07 bits per heavy atom. The minimum absolute atomic E-state index is 0.247. The molecule has 0 unspecified atom stereocenters. The van der Waals surface area contributed by atoms with E-state index in [9.17, 15) is 14.9 Å². The predicted molar refractivity (Wildman–Crippen MR) is 114 cm³/mol. The van der Waals surface area contributed by atoms with E-state index in [4.69, 9.17) is 4.74 Å². The Hall–Kier alpha value is -2.73. The largest absolute Gasteiger partial charge is 0.458 e. The lowest BCUT2D eigenvalue weighted by Gasteiger charge is -2.35. The van der Waals surface area contributed by atoms with Gasteiger partial charge >= 0.3 is 5.97 Å². The first-order valence-corrected chi connectivity index (χ1v) is 10.5. The third kappa shape index (κ3) is 3.29. The lowest BCUT2D eigenvalue weighted by Crippen LogP contribution is -2.58. The average molecular weight is 408 g/mol. The Labute approximate surface area is 177 Å². The van der Waals surface area contributed by atoms with E-state index in [2.05, 4.69) is 4.90 Å². The molecule has 2 fully saturated rings. The van der Waals surface area contributed by atoms with Crippen molar-refractivity contribution in [3.63, 3.8) is 0 Å². The molecule has 0 amide bonds. The van der Waals surface area contributed by atoms with Crippen LogP contribution in [0.25, 0.3) is 0 Å². The number of nitrogens with zero attached hydrogens (tertiary/aromatic N) is 2. The number of nitro groups is 1. The Morgan fingerprint density at radius 3 is 2.17 bits per heavy atom. The van der Waals surface area contributed by atoms with Crippen molar-refractivity contribution < 1.29 is 14.5 Å². The maximum atomic E-state index is 13.6. The molecule has 0 aliphatic carbocycles. The second kappa shape index (κ2) is 7.51. The maximum absolute atomic E-state index is 13.6. The normalized spacial score (nSPS) is 28.8. The highest BCUT2D eigenvalue weighted by atomic mass is 16.6. The minimum atomic E-state index is -1.27. The second-order valence-electron chi connectivity index (χ2n) is 9.25. The average Bonchev–Trinajstić information content (AvgIpc) is 3.24. The Balaban J connectivity index is 1.92. The van der Waals surface area contributed by atoms with Gasteiger partial charge in [0.15, 0.2) is 5.54 Å². The SMILES string of the molecule is CC(C)(C)OC(=O)[C@]12CCCN1[C@@H](c1ccccc1)[C@H](c1ccccc1)[C@H]2[N+](=O)[O-]. The summed E-state index contributed by atoms with van der Waals surface area (Å²) in [6.45, 7) is 6.05. The van der Waals surface area contributed by atoms with Crippen molar-refractivity contribution in [3.8, 4) is 0 Å². The van der Waals surface area contributed by atoms with Crippen LogP contribution in [0.1, 0.15) is 56.7 Å². The molecule has 0 radical (unpaired) electrons. The summed E-state index contributed by atoms with van der Waals surface area (Å²) in [6.07, 6.45) is 1.16. The number of carbonyl (C=O) groups is 1. The molecule has 2 saturated heterocycles. The quantitative estimate of drug-likeness (QED) is 0.427. The summed E-state index contributed by atoms with van der Waals surface area (Å²) in [5, 5.41) is 12.6. The van der Waals surface area contributed by atoms with Crippen molar-refractivity contribution in [1.29, 1.82) is 0 Å². The second-order valence-corrected chi connectivity index (χ2v) is 9.25. The van der Waals surface area contributed by atoms with Crippen molar-refractivity contribution in [2.24, 2.45) is 0 Å². The van der Waals surface area contributed by atoms with Gasteiger partial charge in [-0.3, -0.25) is 15.0 Å². The van der Waals surface area contributed by atoms with Gasteiger partial charge in [0.2, 0.25) is 0 Å². The van der Waals surface area contributed by atoms with E-state index < -0.39 is 29.1 Å². The molecular formula is C24H28N2O4. The van der Waals surface area contributed by atoms with Crippen LogP contribution in [0.15, 0.2) is 60.7 Å². The molecule has 2 heterocycles. The number of ether oxygens (including phenoxy) is 1. The van der Waals surface area contributed by atoms with Gasteiger partial charge in [0, 0.05) is 17.5 Å². The van der Waals surface area contributed by atoms with E-state index in [0.29, 0.717) is 13.0 Å². The van der Waals surface area contributed by atoms with E-state index in [1.54, 1.807) is 20.8 Å². The van der Waals surface area contributed by atoms with Gasteiger partial charge in [0.05, 0.1) is 5.92 Å². The van der Waals surface area contributed by atoms with Crippen molar-refractivity contribution >= 4 is 5.97 Å². The van der Waals surface area contributed by atoms with Crippen LogP contribution in [-0.4, -0.2) is 39.5 Å². The number of fused-ring (bicyclic) bond motifs is 1. The maximum Gasteiger partial charge on any atom is 0.334 e. The fourth-order valence-corrected chi connectivity index (χ4v) is 5.32. The van der Waals surface area contributed by atoms with Crippen LogP contribution in [0.4, 0.5) is 0 Å². The smallest absolute Gasteiger partial charge is 0.334 e. The van der Waals surface area contributed by atoms with E-state index >= 15 is 0 Å². The molecular weight excluding hydrogens is 380 g/mol. The molecule has 2 aliphatic rings. The molecule has 0 saturated carbocycles. The zero-order valence-electron chi connectivity index (χ0n) is 17.7. The summed E-state index contributed by atoms with van der Waals surface area (Å²) in [5.74, 6) is -0.926. The molecule has 2 aromatic carbocycles. The standard InChI is InChI=1S/C24H28N2O4/c1-23(2,3)30-22(27)24-15-10-16-25(24)20(18-13-8-5-9-14-18)19(21(24)26(28)29)17-11-6-4-7-12-17/h4-9,11-14,19-21H,10,15-16H2,1-3H3/t19-,20-,21+,24+/m0/s1. The highest BCUT2D eigenvalue weighted by Gasteiger charge is 2.72. The first kappa shape index (κ1) is 20.5. The van der Waals surface area contributed by atoms with Gasteiger partial charge in [-0.2, -0.15) is 0 Å². The summed E-state index contributed by atoms with van der Waals surface area (Å²) in [7, 11) is 0. The third-order valence-electron chi connectivity index (χ3n) is 6.28. The monoisotopic (exact) mass is 408 g/mol. The first-order valence-electron chi connectivity index (χ1n) is 10.5. The van der Waals surface area contributed by atoms with Gasteiger partial charge in [0.1, 0.15) is 5.60 Å². The Bertz CT molecular complexity index is 925. The number of hydrogen-bond donors (Lipinski definition) is 0. The lowest BCUT2D eigenvalue weighted by molar-refractivity contribution is -0.533. The van der Waals surface area contributed by atoms with Crippen molar-refractivity contribution in [3.05, 3.63) is 81.9 Å². The molecule has 0 N–H and O–H groups in total. The van der Waals surface area contributed by atoms with Gasteiger partial charge in [-0.25, -0.2) is 4.79 Å². The van der Waals surface area contributed by atoms with Crippen molar-refractivity contribution in [1.82, 2.24) is 4.90 Å². The Morgan fingerprint density at radius 2 is 1.63 bits per heavy atom. The van der Waals surface area contributed by atoms with Crippen LogP contribution in [-0.2, 0) is 9.53 Å². The number of hydrogen-bond acceptors (Lipinski definition) is 5. The molecule has 0 bridgehead atoms. The summed E-state index contributed by atoms with van der Waals surface area (Å²) in [4.78, 5) is 27.9. The van der Waals surface area contributed by atoms with Crippen LogP contribution in [0.3, 0.4) is 0 Å². The molecule has 2 aliphatic heterocycles. The molecule has 6 nitrogen and oxygen atoms in total. The molecule has 0 aromatic heterocycles. The minimum Gasteiger partial charge on any atom is -0.458 e. The van der Waals surface area contributed by atoms with E-state index in [1.807, 2.05) is 60.7 Å². The van der Waals surface area contributed by atoms with Gasteiger partial charge in [-0.1, -0.05) is 60.7 Å². The number of carbonyl (C=O) groups excluding carboxylic acids is 1. The van der Waals surface area contributed by atoms with Crippen LogP contribution >= 0.6 is 0 Å². The number of benzene rings is 2. The zero-order valence-corrected chi connectivity index (χ0v) is 17.7. The van der Waals surface area contributed by atoms with Crippen LogP contribution in [0.2, 0.25) is 0 Å². The summed E-state index contributed by atoms with van der Waals surface area (Å²) < 4.78 is 5.79. The highest BCUT2D eigenvalue weighted by molar-refractivity contribution is 5.84. The van der Waals surface area contributed by atoms with E-state index in [1.165, 1.54) is 0 Å². The molecule has 158 valence electrons. The predicted octanol–water partition coefficient (Wildman–Crippen LogP) is 4.35. The fraction of sp³-hybridized carbons (Fsp3) is 0.458. The lowest BCUT2D eigenvalue weighted by atomic mass is 9.78. The van der Waals surface area contributed by atoms with E-state index in [0.717, 1.165) is 17.5 Å². The van der Waals surface area contributed by atoms with Crippen molar-refractivity contribution in [2.75, 3.05) is 6.54 Å². The first-order chi connectivity index (χ1) is 14.3. The topological polar surface area (TPSA) is 72.7 Å². The van der Waals surface area contributed by atoms with Gasteiger partial charge < -0.3 is 4.74 Å². The van der Waals surface area contributed by atoms with Crippen molar-refractivity contribution in [2.45, 2.75) is 62.8 Å². The molecule has 0 spiro atoms. The summed E-state index contributed by atoms with van der Waals surface area (Å²) >= 11 is 0. The Kier molecular flexibility index (Phi) is 5.14. The zero-order chi connectivity index (χ0) is 21.5. The molecule has 6 heteroatoms.